The number of rotatable bonds is 9. The predicted octanol–water partition coefficient (Wildman–Crippen LogP) is 2.43. The number of amides is 2. The van der Waals surface area contributed by atoms with Gasteiger partial charge in [0.25, 0.3) is 0 Å². The number of benzene rings is 1. The van der Waals surface area contributed by atoms with Gasteiger partial charge in [-0.1, -0.05) is 13.8 Å². The first-order valence-corrected chi connectivity index (χ1v) is 8.25. The molecule has 1 rings (SSSR count). The highest BCUT2D eigenvalue weighted by Gasteiger charge is 2.15. The fourth-order valence-corrected chi connectivity index (χ4v) is 2.32. The number of carbonyl (C=O) groups excluding carboxylic acids is 1. The second-order valence-electron chi connectivity index (χ2n) is 6.48. The molecule has 0 saturated carbocycles. The lowest BCUT2D eigenvalue weighted by atomic mass is 10.2. The molecule has 1 aromatic carbocycles. The third-order valence-electron chi connectivity index (χ3n) is 3.61. The predicted molar refractivity (Wildman–Crippen MR) is 96.7 cm³/mol. The van der Waals surface area contributed by atoms with Crippen molar-refractivity contribution in [2.75, 3.05) is 47.9 Å². The van der Waals surface area contributed by atoms with Crippen molar-refractivity contribution < 1.29 is 14.3 Å². The van der Waals surface area contributed by atoms with Crippen LogP contribution in [0.4, 0.5) is 4.79 Å². The summed E-state index contributed by atoms with van der Waals surface area (Å²) in [6, 6.07) is 5.54. The highest BCUT2D eigenvalue weighted by Crippen LogP contribution is 2.24. The summed E-state index contributed by atoms with van der Waals surface area (Å²) in [5.41, 5.74) is 0.920. The van der Waals surface area contributed by atoms with Crippen LogP contribution in [0.2, 0.25) is 0 Å². The van der Waals surface area contributed by atoms with E-state index in [0.717, 1.165) is 24.4 Å². The van der Waals surface area contributed by atoms with Crippen LogP contribution in [0.15, 0.2) is 18.2 Å². The van der Waals surface area contributed by atoms with Crippen molar-refractivity contribution in [3.8, 4) is 11.5 Å². The molecule has 0 aliphatic carbocycles. The van der Waals surface area contributed by atoms with Crippen molar-refractivity contribution in [2.45, 2.75) is 20.4 Å². The standard InChI is InChI=1S/C18H31N3O3/c1-14(2)13-21(10-9-20(3)4)18(22)19-12-15-7-8-16(23-5)11-17(15)24-6/h7-8,11,14H,9-10,12-13H2,1-6H3,(H,19,22). The number of urea groups is 1. The number of nitrogens with zero attached hydrogens (tertiary/aromatic N) is 2. The van der Waals surface area contributed by atoms with Gasteiger partial charge in [-0.3, -0.25) is 0 Å². The molecule has 0 aromatic heterocycles. The Labute approximate surface area is 145 Å². The Morgan fingerprint density at radius 2 is 1.88 bits per heavy atom. The van der Waals surface area contributed by atoms with Crippen molar-refractivity contribution in [1.29, 1.82) is 0 Å². The number of hydrogen-bond acceptors (Lipinski definition) is 4. The Morgan fingerprint density at radius 3 is 2.42 bits per heavy atom. The van der Waals surface area contributed by atoms with E-state index in [4.69, 9.17) is 9.47 Å². The molecule has 1 N–H and O–H groups in total. The highest BCUT2D eigenvalue weighted by molar-refractivity contribution is 5.74. The molecule has 0 bridgehead atoms. The summed E-state index contributed by atoms with van der Waals surface area (Å²) in [5, 5.41) is 2.99. The van der Waals surface area contributed by atoms with Crippen LogP contribution < -0.4 is 14.8 Å². The van der Waals surface area contributed by atoms with Crippen LogP contribution in [0.3, 0.4) is 0 Å². The van der Waals surface area contributed by atoms with E-state index in [9.17, 15) is 4.79 Å². The minimum atomic E-state index is -0.0524. The van der Waals surface area contributed by atoms with Gasteiger partial charge in [0.05, 0.1) is 14.2 Å². The Balaban J connectivity index is 2.70. The summed E-state index contributed by atoms with van der Waals surface area (Å²) in [6.07, 6.45) is 0. The van der Waals surface area contributed by atoms with Gasteiger partial charge in [-0.2, -0.15) is 0 Å². The molecule has 0 unspecified atom stereocenters. The third kappa shape index (κ3) is 6.66. The first-order chi connectivity index (χ1) is 11.4. The molecule has 0 atom stereocenters. The Morgan fingerprint density at radius 1 is 1.17 bits per heavy atom. The molecule has 0 heterocycles. The Kier molecular flexibility index (Phi) is 8.40. The SMILES string of the molecule is COc1ccc(CNC(=O)N(CCN(C)C)CC(C)C)c(OC)c1. The summed E-state index contributed by atoms with van der Waals surface area (Å²) in [4.78, 5) is 16.5. The highest BCUT2D eigenvalue weighted by atomic mass is 16.5. The minimum absolute atomic E-state index is 0.0524. The maximum atomic E-state index is 12.5. The van der Waals surface area contributed by atoms with E-state index in [1.165, 1.54) is 0 Å². The van der Waals surface area contributed by atoms with E-state index in [1.54, 1.807) is 14.2 Å². The molecule has 2 amide bonds. The zero-order valence-corrected chi connectivity index (χ0v) is 15.8. The number of ether oxygens (including phenoxy) is 2. The second kappa shape index (κ2) is 10.0. The average Bonchev–Trinajstić information content (AvgIpc) is 2.55. The van der Waals surface area contributed by atoms with Crippen LogP contribution >= 0.6 is 0 Å². The quantitative estimate of drug-likeness (QED) is 0.752. The Hall–Kier alpha value is -1.95. The van der Waals surface area contributed by atoms with Crippen molar-refractivity contribution in [3.05, 3.63) is 23.8 Å². The second-order valence-corrected chi connectivity index (χ2v) is 6.48. The first-order valence-electron chi connectivity index (χ1n) is 8.25. The van der Waals surface area contributed by atoms with Gasteiger partial charge in [-0.15, -0.1) is 0 Å². The van der Waals surface area contributed by atoms with Crippen LogP contribution in [0.1, 0.15) is 19.4 Å². The molecule has 0 spiro atoms. The lowest BCUT2D eigenvalue weighted by Gasteiger charge is -2.26. The lowest BCUT2D eigenvalue weighted by Crippen LogP contribution is -2.44. The summed E-state index contributed by atoms with van der Waals surface area (Å²) in [6.45, 7) is 6.93. The van der Waals surface area contributed by atoms with Gasteiger partial charge in [-0.05, 0) is 32.1 Å². The maximum Gasteiger partial charge on any atom is 0.317 e. The molecular formula is C18H31N3O3. The molecule has 0 fully saturated rings. The number of methoxy groups -OCH3 is 2. The molecule has 24 heavy (non-hydrogen) atoms. The zero-order chi connectivity index (χ0) is 18.1. The van der Waals surface area contributed by atoms with Crippen molar-refractivity contribution in [1.82, 2.24) is 15.1 Å². The van der Waals surface area contributed by atoms with Gasteiger partial charge in [0.1, 0.15) is 11.5 Å². The van der Waals surface area contributed by atoms with Crippen molar-refractivity contribution >= 4 is 6.03 Å². The van der Waals surface area contributed by atoms with E-state index < -0.39 is 0 Å². The molecule has 1 aromatic rings. The molecule has 0 saturated heterocycles. The van der Waals surface area contributed by atoms with Crippen LogP contribution in [0.25, 0.3) is 0 Å². The summed E-state index contributed by atoms with van der Waals surface area (Å²) in [5.74, 6) is 1.86. The zero-order valence-electron chi connectivity index (χ0n) is 15.8. The number of hydrogen-bond donors (Lipinski definition) is 1. The maximum absolute atomic E-state index is 12.5. The van der Waals surface area contributed by atoms with Gasteiger partial charge in [0, 0.05) is 37.8 Å². The number of carbonyl (C=O) groups is 1. The third-order valence-corrected chi connectivity index (χ3v) is 3.61. The number of likely N-dealkylation sites (N-methyl/N-ethyl adjacent to an activating group) is 1. The van der Waals surface area contributed by atoms with Gasteiger partial charge >= 0.3 is 6.03 Å². The van der Waals surface area contributed by atoms with Gasteiger partial charge in [0.15, 0.2) is 0 Å². The molecule has 136 valence electrons. The Bertz CT molecular complexity index is 518. The van der Waals surface area contributed by atoms with E-state index in [0.29, 0.717) is 24.8 Å². The van der Waals surface area contributed by atoms with Crippen LogP contribution in [0.5, 0.6) is 11.5 Å². The largest absolute Gasteiger partial charge is 0.497 e. The number of nitrogens with one attached hydrogen (secondary N) is 1. The first kappa shape index (κ1) is 20.1. The fraction of sp³-hybridized carbons (Fsp3) is 0.611. The topological polar surface area (TPSA) is 54.0 Å². The minimum Gasteiger partial charge on any atom is -0.497 e. The summed E-state index contributed by atoms with van der Waals surface area (Å²) < 4.78 is 10.6. The lowest BCUT2D eigenvalue weighted by molar-refractivity contribution is 0.184. The molecule has 0 aliphatic rings. The molecule has 0 radical (unpaired) electrons. The fourth-order valence-electron chi connectivity index (χ4n) is 2.32. The van der Waals surface area contributed by atoms with E-state index >= 15 is 0 Å². The van der Waals surface area contributed by atoms with E-state index in [1.807, 2.05) is 37.2 Å². The summed E-state index contributed by atoms with van der Waals surface area (Å²) in [7, 11) is 7.24. The average molecular weight is 337 g/mol. The van der Waals surface area contributed by atoms with Gasteiger partial charge in [0.2, 0.25) is 0 Å². The van der Waals surface area contributed by atoms with E-state index in [2.05, 4.69) is 24.1 Å². The van der Waals surface area contributed by atoms with Crippen LogP contribution in [0, 0.1) is 5.92 Å². The van der Waals surface area contributed by atoms with Crippen molar-refractivity contribution in [3.63, 3.8) is 0 Å². The smallest absolute Gasteiger partial charge is 0.317 e. The molecule has 0 aliphatic heterocycles. The molecule has 6 heteroatoms. The van der Waals surface area contributed by atoms with Crippen LogP contribution in [-0.2, 0) is 6.54 Å². The van der Waals surface area contributed by atoms with Crippen LogP contribution in [-0.4, -0.2) is 63.8 Å². The van der Waals surface area contributed by atoms with Crippen molar-refractivity contribution in [2.24, 2.45) is 5.92 Å². The van der Waals surface area contributed by atoms with Gasteiger partial charge in [-0.25, -0.2) is 4.79 Å². The monoisotopic (exact) mass is 337 g/mol. The molecular weight excluding hydrogens is 306 g/mol. The normalized spacial score (nSPS) is 10.8. The van der Waals surface area contributed by atoms with E-state index in [-0.39, 0.29) is 6.03 Å². The molecule has 6 nitrogen and oxygen atoms in total. The summed E-state index contributed by atoms with van der Waals surface area (Å²) >= 11 is 0. The van der Waals surface area contributed by atoms with Gasteiger partial charge < -0.3 is 24.6 Å².